The Balaban J connectivity index is 1.55. The molecule has 2 heterocycles. The number of hydrogen-bond acceptors (Lipinski definition) is 3. The number of anilines is 1. The Morgan fingerprint density at radius 1 is 1.09 bits per heavy atom. The van der Waals surface area contributed by atoms with E-state index in [1.54, 1.807) is 21.1 Å². The first-order valence-corrected chi connectivity index (χ1v) is 8.27. The maximum Gasteiger partial charge on any atom is 0.246 e. The summed E-state index contributed by atoms with van der Waals surface area (Å²) >= 11 is 1.66. The minimum absolute atomic E-state index is 0.0121. The lowest BCUT2D eigenvalue weighted by Gasteiger charge is -2.34. The fraction of sp³-hybridized carbons (Fsp3) is 0.294. The summed E-state index contributed by atoms with van der Waals surface area (Å²) in [6, 6.07) is 13.6. The summed E-state index contributed by atoms with van der Waals surface area (Å²) in [7, 11) is 0. The van der Waals surface area contributed by atoms with Crippen LogP contribution >= 0.6 is 11.3 Å². The predicted octanol–water partition coefficient (Wildman–Crippen LogP) is 2.56. The Hall–Kier alpha value is -2.14. The van der Waals surface area contributed by atoms with Crippen molar-refractivity contribution < 1.29 is 9.59 Å². The van der Waals surface area contributed by atoms with Crippen LogP contribution in [0.15, 0.2) is 47.8 Å². The van der Waals surface area contributed by atoms with Gasteiger partial charge in [0.15, 0.2) is 0 Å². The van der Waals surface area contributed by atoms with Crippen molar-refractivity contribution in [2.45, 2.75) is 12.8 Å². The van der Waals surface area contributed by atoms with Gasteiger partial charge in [-0.2, -0.15) is 0 Å². The number of carbonyl (C=O) groups is 2. The molecule has 2 aromatic rings. The number of carbonyl (C=O) groups excluding carboxylic acids is 2. The summed E-state index contributed by atoms with van der Waals surface area (Å²) in [6.45, 7) is 1.34. The van der Waals surface area contributed by atoms with Gasteiger partial charge in [0.1, 0.15) is 6.54 Å². The molecule has 0 saturated carbocycles. The highest BCUT2D eigenvalue weighted by molar-refractivity contribution is 7.09. The van der Waals surface area contributed by atoms with Crippen LogP contribution in [0.4, 0.5) is 5.69 Å². The van der Waals surface area contributed by atoms with E-state index in [0.29, 0.717) is 19.5 Å². The van der Waals surface area contributed by atoms with Gasteiger partial charge in [-0.3, -0.25) is 9.59 Å². The number of thiophene rings is 1. The molecular weight excluding hydrogens is 296 g/mol. The molecule has 1 aromatic heterocycles. The van der Waals surface area contributed by atoms with Crippen LogP contribution in [0.1, 0.15) is 11.3 Å². The fourth-order valence-electron chi connectivity index (χ4n) is 2.61. The van der Waals surface area contributed by atoms with E-state index in [4.69, 9.17) is 0 Å². The van der Waals surface area contributed by atoms with Gasteiger partial charge in [0, 0.05) is 30.1 Å². The van der Waals surface area contributed by atoms with Crippen molar-refractivity contribution in [1.82, 2.24) is 4.90 Å². The van der Waals surface area contributed by atoms with Crippen molar-refractivity contribution in [3.8, 4) is 0 Å². The highest BCUT2D eigenvalue weighted by Gasteiger charge is 2.27. The molecule has 0 N–H and O–H groups in total. The van der Waals surface area contributed by atoms with Gasteiger partial charge in [-0.15, -0.1) is 11.3 Å². The Morgan fingerprint density at radius 2 is 1.91 bits per heavy atom. The van der Waals surface area contributed by atoms with Gasteiger partial charge < -0.3 is 9.80 Å². The fourth-order valence-corrected chi connectivity index (χ4v) is 3.32. The van der Waals surface area contributed by atoms with E-state index in [1.807, 2.05) is 47.8 Å². The number of hydrogen-bond donors (Lipinski definition) is 0. The number of aryl methyl sites for hydroxylation is 1. The molecule has 5 heteroatoms. The van der Waals surface area contributed by atoms with E-state index in [2.05, 4.69) is 0 Å². The number of amides is 2. The van der Waals surface area contributed by atoms with Crippen molar-refractivity contribution >= 4 is 28.8 Å². The van der Waals surface area contributed by atoms with E-state index < -0.39 is 0 Å². The smallest absolute Gasteiger partial charge is 0.246 e. The maximum atomic E-state index is 12.3. The Morgan fingerprint density at radius 3 is 2.59 bits per heavy atom. The summed E-state index contributed by atoms with van der Waals surface area (Å²) in [4.78, 5) is 29.2. The normalized spacial score (nSPS) is 15.2. The molecule has 4 nitrogen and oxygen atoms in total. The van der Waals surface area contributed by atoms with Crippen LogP contribution in [0.2, 0.25) is 0 Å². The number of para-hydroxylation sites is 1. The molecule has 22 heavy (non-hydrogen) atoms. The number of piperazine rings is 1. The Kier molecular flexibility index (Phi) is 4.53. The maximum absolute atomic E-state index is 12.3. The largest absolute Gasteiger partial charge is 0.332 e. The minimum atomic E-state index is -0.0121. The second-order valence-corrected chi connectivity index (χ2v) is 6.31. The lowest BCUT2D eigenvalue weighted by molar-refractivity contribution is -0.136. The van der Waals surface area contributed by atoms with Crippen molar-refractivity contribution in [3.63, 3.8) is 0 Å². The van der Waals surface area contributed by atoms with Gasteiger partial charge in [-0.05, 0) is 30.0 Å². The predicted molar refractivity (Wildman–Crippen MR) is 88.0 cm³/mol. The van der Waals surface area contributed by atoms with E-state index in [9.17, 15) is 9.59 Å². The zero-order chi connectivity index (χ0) is 15.4. The Labute approximate surface area is 134 Å². The van der Waals surface area contributed by atoms with Gasteiger partial charge in [-0.25, -0.2) is 0 Å². The van der Waals surface area contributed by atoms with Gasteiger partial charge in [0.25, 0.3) is 0 Å². The molecule has 1 fully saturated rings. The molecule has 1 saturated heterocycles. The topological polar surface area (TPSA) is 40.6 Å². The van der Waals surface area contributed by atoms with E-state index >= 15 is 0 Å². The molecule has 1 aliphatic rings. The highest BCUT2D eigenvalue weighted by Crippen LogP contribution is 2.18. The summed E-state index contributed by atoms with van der Waals surface area (Å²) in [6.07, 6.45) is 1.22. The van der Waals surface area contributed by atoms with Gasteiger partial charge in [-0.1, -0.05) is 24.3 Å². The third kappa shape index (κ3) is 3.36. The summed E-state index contributed by atoms with van der Waals surface area (Å²) in [5, 5.41) is 2.02. The molecule has 0 bridgehead atoms. The second-order valence-electron chi connectivity index (χ2n) is 5.28. The van der Waals surface area contributed by atoms with Crippen molar-refractivity contribution in [3.05, 3.63) is 52.7 Å². The van der Waals surface area contributed by atoms with Crippen molar-refractivity contribution in [1.29, 1.82) is 0 Å². The number of rotatable bonds is 4. The van der Waals surface area contributed by atoms with E-state index in [1.165, 1.54) is 4.88 Å². The molecule has 0 radical (unpaired) electrons. The van der Waals surface area contributed by atoms with Gasteiger partial charge >= 0.3 is 0 Å². The summed E-state index contributed by atoms with van der Waals surface area (Å²) < 4.78 is 0. The molecule has 3 rings (SSSR count). The van der Waals surface area contributed by atoms with E-state index in [0.717, 1.165) is 12.1 Å². The van der Waals surface area contributed by atoms with Crippen LogP contribution in [0.3, 0.4) is 0 Å². The standard InChI is InChI=1S/C17H18N2O2S/c20-16(9-8-15-7-4-12-22-15)18-10-11-19(17(21)13-18)14-5-2-1-3-6-14/h1-7,12H,8-11,13H2. The number of benzene rings is 1. The third-order valence-corrected chi connectivity index (χ3v) is 4.74. The average Bonchev–Trinajstić information content (AvgIpc) is 3.07. The molecule has 0 aliphatic carbocycles. The molecule has 0 atom stereocenters. The lowest BCUT2D eigenvalue weighted by atomic mass is 10.2. The number of nitrogens with zero attached hydrogens (tertiary/aromatic N) is 2. The SMILES string of the molecule is O=C(CCc1cccs1)N1CCN(c2ccccc2)C(=O)C1. The first-order valence-electron chi connectivity index (χ1n) is 7.39. The Bertz CT molecular complexity index is 640. The lowest BCUT2D eigenvalue weighted by Crippen LogP contribution is -2.52. The van der Waals surface area contributed by atoms with Crippen LogP contribution < -0.4 is 4.90 Å². The van der Waals surface area contributed by atoms with Gasteiger partial charge in [0.2, 0.25) is 11.8 Å². The van der Waals surface area contributed by atoms with Crippen LogP contribution in [-0.2, 0) is 16.0 Å². The first kappa shape index (κ1) is 14.8. The van der Waals surface area contributed by atoms with Crippen molar-refractivity contribution in [2.24, 2.45) is 0 Å². The second kappa shape index (κ2) is 6.75. The zero-order valence-corrected chi connectivity index (χ0v) is 13.1. The summed E-state index contributed by atoms with van der Waals surface area (Å²) in [5.41, 5.74) is 0.901. The molecule has 0 unspecified atom stereocenters. The van der Waals surface area contributed by atoms with Crippen molar-refractivity contribution in [2.75, 3.05) is 24.5 Å². The summed E-state index contributed by atoms with van der Waals surface area (Å²) in [5.74, 6) is 0.0522. The van der Waals surface area contributed by atoms with Gasteiger partial charge in [0.05, 0.1) is 0 Å². The van der Waals surface area contributed by atoms with Crippen LogP contribution in [0.5, 0.6) is 0 Å². The molecule has 1 aromatic carbocycles. The monoisotopic (exact) mass is 314 g/mol. The molecule has 1 aliphatic heterocycles. The van der Waals surface area contributed by atoms with Crippen LogP contribution in [-0.4, -0.2) is 36.3 Å². The molecular formula is C17H18N2O2S. The van der Waals surface area contributed by atoms with E-state index in [-0.39, 0.29) is 18.4 Å². The molecule has 2 amide bonds. The first-order chi connectivity index (χ1) is 10.7. The quantitative estimate of drug-likeness (QED) is 0.870. The zero-order valence-electron chi connectivity index (χ0n) is 12.3. The third-order valence-electron chi connectivity index (χ3n) is 3.81. The average molecular weight is 314 g/mol. The van der Waals surface area contributed by atoms with Crippen LogP contribution in [0.25, 0.3) is 0 Å². The van der Waals surface area contributed by atoms with Crippen LogP contribution in [0, 0.1) is 0 Å². The highest BCUT2D eigenvalue weighted by atomic mass is 32.1. The molecule has 114 valence electrons. The molecule has 0 spiro atoms. The minimum Gasteiger partial charge on any atom is -0.332 e.